The van der Waals surface area contributed by atoms with Crippen LogP contribution < -0.4 is 10.0 Å². The Labute approximate surface area is 163 Å². The van der Waals surface area contributed by atoms with Crippen molar-refractivity contribution >= 4 is 33.2 Å². The first-order valence-corrected chi connectivity index (χ1v) is 10.0. The summed E-state index contributed by atoms with van der Waals surface area (Å²) in [5.74, 6) is -0.301. The van der Waals surface area contributed by atoms with Crippen molar-refractivity contribution in [2.45, 2.75) is 11.4 Å². The van der Waals surface area contributed by atoms with Crippen LogP contribution in [-0.2, 0) is 16.6 Å². The third kappa shape index (κ3) is 5.17. The molecule has 0 saturated carbocycles. The van der Waals surface area contributed by atoms with Gasteiger partial charge in [0.15, 0.2) is 0 Å². The highest BCUT2D eigenvalue weighted by Gasteiger charge is 2.14. The van der Waals surface area contributed by atoms with E-state index < -0.39 is 10.0 Å². The Bertz CT molecular complexity index is 1020. The average Bonchev–Trinajstić information content (AvgIpc) is 2.68. The van der Waals surface area contributed by atoms with Crippen molar-refractivity contribution in [3.8, 4) is 0 Å². The van der Waals surface area contributed by atoms with Crippen molar-refractivity contribution in [2.24, 2.45) is 0 Å². The predicted molar refractivity (Wildman–Crippen MR) is 106 cm³/mol. The molecule has 0 fully saturated rings. The van der Waals surface area contributed by atoms with Gasteiger partial charge in [0.05, 0.1) is 4.90 Å². The fourth-order valence-corrected chi connectivity index (χ4v) is 3.52. The lowest BCUT2D eigenvalue weighted by molar-refractivity contribution is 0.102. The van der Waals surface area contributed by atoms with E-state index in [1.807, 2.05) is 30.3 Å². The van der Waals surface area contributed by atoms with E-state index in [4.69, 9.17) is 11.6 Å². The van der Waals surface area contributed by atoms with Crippen LogP contribution in [0, 0.1) is 0 Å². The molecular weight excluding hydrogens is 384 g/mol. The minimum atomic E-state index is -3.64. The van der Waals surface area contributed by atoms with Crippen molar-refractivity contribution < 1.29 is 13.2 Å². The first-order chi connectivity index (χ1) is 12.9. The second-order valence-corrected chi connectivity index (χ2v) is 8.00. The van der Waals surface area contributed by atoms with Gasteiger partial charge in [-0.15, -0.1) is 0 Å². The summed E-state index contributed by atoms with van der Waals surface area (Å²) in [6.07, 6.45) is 0. The van der Waals surface area contributed by atoms with E-state index in [9.17, 15) is 13.2 Å². The van der Waals surface area contributed by atoms with Gasteiger partial charge in [0.2, 0.25) is 10.0 Å². The first-order valence-electron chi connectivity index (χ1n) is 8.15. The molecule has 0 aliphatic carbocycles. The van der Waals surface area contributed by atoms with Crippen LogP contribution in [0.15, 0.2) is 83.8 Å². The van der Waals surface area contributed by atoms with Crippen molar-refractivity contribution in [1.82, 2.24) is 4.72 Å². The van der Waals surface area contributed by atoms with Gasteiger partial charge in [-0.05, 0) is 54.1 Å². The summed E-state index contributed by atoms with van der Waals surface area (Å²) in [4.78, 5) is 12.3. The SMILES string of the molecule is O=C(Nc1ccc(S(=O)(=O)NCc2ccccc2)cc1)c1ccc(Cl)cc1. The number of carbonyl (C=O) groups excluding carboxylic acids is 1. The normalized spacial score (nSPS) is 11.1. The topological polar surface area (TPSA) is 75.3 Å². The van der Waals surface area contributed by atoms with Crippen LogP contribution in [0.25, 0.3) is 0 Å². The Balaban J connectivity index is 1.65. The first kappa shape index (κ1) is 19.1. The third-order valence-corrected chi connectivity index (χ3v) is 5.51. The molecule has 0 radical (unpaired) electrons. The number of benzene rings is 3. The molecule has 0 aliphatic rings. The molecule has 0 aliphatic heterocycles. The summed E-state index contributed by atoms with van der Waals surface area (Å²) in [7, 11) is -3.64. The molecule has 0 aromatic heterocycles. The van der Waals surface area contributed by atoms with Gasteiger partial charge in [0, 0.05) is 22.8 Å². The Hall–Kier alpha value is -2.67. The minimum Gasteiger partial charge on any atom is -0.322 e. The smallest absolute Gasteiger partial charge is 0.255 e. The lowest BCUT2D eigenvalue weighted by Crippen LogP contribution is -2.23. The summed E-state index contributed by atoms with van der Waals surface area (Å²) in [5, 5.41) is 3.26. The maximum absolute atomic E-state index is 12.4. The number of halogens is 1. The van der Waals surface area contributed by atoms with Crippen molar-refractivity contribution in [1.29, 1.82) is 0 Å². The molecule has 5 nitrogen and oxygen atoms in total. The molecule has 0 bridgehead atoms. The zero-order chi connectivity index (χ0) is 19.3. The van der Waals surface area contributed by atoms with Crippen LogP contribution >= 0.6 is 11.6 Å². The number of carbonyl (C=O) groups is 1. The van der Waals surface area contributed by atoms with Crippen molar-refractivity contribution in [2.75, 3.05) is 5.32 Å². The highest BCUT2D eigenvalue weighted by Crippen LogP contribution is 2.16. The quantitative estimate of drug-likeness (QED) is 0.654. The highest BCUT2D eigenvalue weighted by molar-refractivity contribution is 7.89. The number of nitrogens with one attached hydrogen (secondary N) is 2. The minimum absolute atomic E-state index is 0.128. The van der Waals surface area contributed by atoms with E-state index in [0.717, 1.165) is 5.56 Å². The van der Waals surface area contributed by atoms with Gasteiger partial charge < -0.3 is 5.32 Å². The molecule has 138 valence electrons. The molecule has 3 aromatic carbocycles. The number of sulfonamides is 1. The molecule has 1 amide bonds. The lowest BCUT2D eigenvalue weighted by atomic mass is 10.2. The van der Waals surface area contributed by atoms with E-state index in [0.29, 0.717) is 16.3 Å². The molecule has 0 heterocycles. The Morgan fingerprint density at radius 2 is 1.48 bits per heavy atom. The Kier molecular flexibility index (Phi) is 5.91. The molecular formula is C20H17ClN2O3S. The van der Waals surface area contributed by atoms with Gasteiger partial charge >= 0.3 is 0 Å². The zero-order valence-electron chi connectivity index (χ0n) is 14.2. The maximum atomic E-state index is 12.4. The van der Waals surface area contributed by atoms with Crippen LogP contribution in [0.3, 0.4) is 0 Å². The predicted octanol–water partition coefficient (Wildman–Crippen LogP) is 4.07. The Morgan fingerprint density at radius 3 is 2.11 bits per heavy atom. The van der Waals surface area contributed by atoms with Gasteiger partial charge in [0.1, 0.15) is 0 Å². The molecule has 0 unspecified atom stereocenters. The van der Waals surface area contributed by atoms with Crippen LogP contribution in [-0.4, -0.2) is 14.3 Å². The number of anilines is 1. The number of hydrogen-bond donors (Lipinski definition) is 2. The van der Waals surface area contributed by atoms with Gasteiger partial charge in [-0.2, -0.15) is 0 Å². The largest absolute Gasteiger partial charge is 0.322 e. The van der Waals surface area contributed by atoms with E-state index in [2.05, 4.69) is 10.0 Å². The fourth-order valence-electron chi connectivity index (χ4n) is 2.38. The lowest BCUT2D eigenvalue weighted by Gasteiger charge is -2.09. The van der Waals surface area contributed by atoms with Gasteiger partial charge in [-0.25, -0.2) is 13.1 Å². The number of hydrogen-bond acceptors (Lipinski definition) is 3. The molecule has 3 rings (SSSR count). The molecule has 7 heteroatoms. The van der Waals surface area contributed by atoms with Crippen molar-refractivity contribution in [3.63, 3.8) is 0 Å². The second-order valence-electron chi connectivity index (χ2n) is 5.80. The summed E-state index contributed by atoms with van der Waals surface area (Å²) in [6.45, 7) is 0.207. The van der Waals surface area contributed by atoms with Crippen LogP contribution in [0.2, 0.25) is 5.02 Å². The van der Waals surface area contributed by atoms with E-state index in [-0.39, 0.29) is 17.3 Å². The van der Waals surface area contributed by atoms with Crippen molar-refractivity contribution in [3.05, 3.63) is 95.0 Å². The standard InChI is InChI=1S/C20H17ClN2O3S/c21-17-8-6-16(7-9-17)20(24)23-18-10-12-19(13-11-18)27(25,26)22-14-15-4-2-1-3-5-15/h1-13,22H,14H2,(H,23,24). The summed E-state index contributed by atoms with van der Waals surface area (Å²) < 4.78 is 27.3. The summed E-state index contributed by atoms with van der Waals surface area (Å²) in [5.41, 5.74) is 1.82. The Morgan fingerprint density at radius 1 is 0.852 bits per heavy atom. The fraction of sp³-hybridized carbons (Fsp3) is 0.0500. The molecule has 0 spiro atoms. The van der Waals surface area contributed by atoms with Crippen LogP contribution in [0.4, 0.5) is 5.69 Å². The second kappa shape index (κ2) is 8.35. The van der Waals surface area contributed by atoms with Crippen LogP contribution in [0.1, 0.15) is 15.9 Å². The molecule has 2 N–H and O–H groups in total. The average molecular weight is 401 g/mol. The van der Waals surface area contributed by atoms with E-state index >= 15 is 0 Å². The third-order valence-electron chi connectivity index (χ3n) is 3.84. The maximum Gasteiger partial charge on any atom is 0.255 e. The molecule has 0 saturated heterocycles. The van der Waals surface area contributed by atoms with E-state index in [1.165, 1.54) is 12.1 Å². The molecule has 3 aromatic rings. The zero-order valence-corrected chi connectivity index (χ0v) is 15.8. The number of amides is 1. The monoisotopic (exact) mass is 400 g/mol. The van der Waals surface area contributed by atoms with E-state index in [1.54, 1.807) is 36.4 Å². The van der Waals surface area contributed by atoms with Gasteiger partial charge in [0.25, 0.3) is 5.91 Å². The summed E-state index contributed by atoms with van der Waals surface area (Å²) >= 11 is 5.81. The van der Waals surface area contributed by atoms with Gasteiger partial charge in [-0.1, -0.05) is 41.9 Å². The molecule has 27 heavy (non-hydrogen) atoms. The molecule has 0 atom stereocenters. The number of rotatable bonds is 6. The highest BCUT2D eigenvalue weighted by atomic mass is 35.5. The van der Waals surface area contributed by atoms with Gasteiger partial charge in [-0.3, -0.25) is 4.79 Å². The summed E-state index contributed by atoms with van der Waals surface area (Å²) in [6, 6.07) is 21.7. The van der Waals surface area contributed by atoms with Crippen LogP contribution in [0.5, 0.6) is 0 Å².